The van der Waals surface area contributed by atoms with Crippen LogP contribution in [0.4, 0.5) is 5.95 Å². The highest BCUT2D eigenvalue weighted by atomic mass is 16.3. The molecule has 7 nitrogen and oxygen atoms in total. The van der Waals surface area contributed by atoms with E-state index in [1.165, 1.54) is 0 Å². The summed E-state index contributed by atoms with van der Waals surface area (Å²) in [5.41, 5.74) is 6.26. The second-order valence-electron chi connectivity index (χ2n) is 3.70. The molecule has 18 heavy (non-hydrogen) atoms. The first-order valence-electron chi connectivity index (χ1n) is 5.36. The van der Waals surface area contributed by atoms with Gasteiger partial charge < -0.3 is 5.11 Å². The number of aromatic hydroxyl groups is 1. The fraction of sp³-hybridized carbons (Fsp3) is 0.182. The van der Waals surface area contributed by atoms with Crippen molar-refractivity contribution in [3.63, 3.8) is 0 Å². The Labute approximate surface area is 103 Å². The van der Waals surface area contributed by atoms with Gasteiger partial charge in [0.25, 0.3) is 5.56 Å². The summed E-state index contributed by atoms with van der Waals surface area (Å²) >= 11 is 0. The molecular formula is C11H13N5O2. The maximum Gasteiger partial charge on any atom is 0.274 e. The van der Waals surface area contributed by atoms with E-state index in [-0.39, 0.29) is 17.3 Å². The van der Waals surface area contributed by atoms with Crippen LogP contribution in [0, 0.1) is 6.92 Å². The number of nitrogens with zero attached hydrogens (tertiary/aromatic N) is 2. The van der Waals surface area contributed by atoms with E-state index < -0.39 is 0 Å². The number of hydrogen-bond acceptors (Lipinski definition) is 6. The quantitative estimate of drug-likeness (QED) is 0.579. The van der Waals surface area contributed by atoms with Crippen molar-refractivity contribution in [1.82, 2.24) is 20.6 Å². The number of rotatable bonds is 4. The van der Waals surface area contributed by atoms with Crippen molar-refractivity contribution in [3.8, 4) is 5.75 Å². The smallest absolute Gasteiger partial charge is 0.274 e. The lowest BCUT2D eigenvalue weighted by Crippen LogP contribution is -2.25. The minimum Gasteiger partial charge on any atom is -0.508 e. The number of hydrazine groups is 1. The fourth-order valence-electron chi connectivity index (χ4n) is 1.33. The highest BCUT2D eigenvalue weighted by Gasteiger charge is 2.01. The monoisotopic (exact) mass is 247 g/mol. The van der Waals surface area contributed by atoms with E-state index >= 15 is 0 Å². The maximum absolute atomic E-state index is 11.3. The second-order valence-corrected chi connectivity index (χ2v) is 3.70. The zero-order valence-electron chi connectivity index (χ0n) is 9.77. The largest absolute Gasteiger partial charge is 0.508 e. The molecule has 2 rings (SSSR count). The molecule has 0 bridgehead atoms. The third kappa shape index (κ3) is 2.83. The number of nitrogens with one attached hydrogen (secondary N) is 3. The summed E-state index contributed by atoms with van der Waals surface area (Å²) in [5, 5.41) is 17.0. The van der Waals surface area contributed by atoms with Gasteiger partial charge in [-0.2, -0.15) is 0 Å². The van der Waals surface area contributed by atoms with Crippen molar-refractivity contribution in [1.29, 1.82) is 0 Å². The first-order valence-corrected chi connectivity index (χ1v) is 5.36. The molecule has 0 saturated heterocycles. The van der Waals surface area contributed by atoms with E-state index in [1.54, 1.807) is 25.1 Å². The van der Waals surface area contributed by atoms with Crippen molar-refractivity contribution in [2.75, 3.05) is 5.43 Å². The average Bonchev–Trinajstić information content (AvgIpc) is 2.36. The molecule has 4 N–H and O–H groups in total. The van der Waals surface area contributed by atoms with E-state index in [9.17, 15) is 9.90 Å². The van der Waals surface area contributed by atoms with Crippen molar-refractivity contribution in [2.45, 2.75) is 13.5 Å². The van der Waals surface area contributed by atoms with Crippen LogP contribution in [0.3, 0.4) is 0 Å². The second kappa shape index (κ2) is 5.28. The molecule has 94 valence electrons. The molecule has 0 amide bonds. The summed E-state index contributed by atoms with van der Waals surface area (Å²) in [6.07, 6.45) is 0. The number of hydrogen-bond donors (Lipinski definition) is 4. The molecule has 1 heterocycles. The minimum atomic E-state index is -0.295. The standard InChI is InChI=1S/C11H13N5O2/c1-7-10(18)13-11(16-14-7)15-12-6-8-4-2-3-5-9(8)17/h2-5,12,17H,6H2,1H3,(H2,13,15,16,18). The molecule has 0 saturated carbocycles. The number of H-pyrrole nitrogens is 1. The van der Waals surface area contributed by atoms with Crippen LogP contribution in [0.2, 0.25) is 0 Å². The molecule has 0 fully saturated rings. The Hall–Kier alpha value is -2.41. The van der Waals surface area contributed by atoms with Gasteiger partial charge in [-0.15, -0.1) is 10.2 Å². The summed E-state index contributed by atoms with van der Waals surface area (Å²) in [5.74, 6) is 0.427. The molecule has 2 aromatic rings. The number of para-hydroxylation sites is 1. The Bertz CT molecular complexity index is 596. The lowest BCUT2D eigenvalue weighted by molar-refractivity contribution is 0.466. The van der Waals surface area contributed by atoms with Gasteiger partial charge in [-0.05, 0) is 13.0 Å². The summed E-state index contributed by atoms with van der Waals surface area (Å²) in [6.45, 7) is 1.95. The highest BCUT2D eigenvalue weighted by Crippen LogP contribution is 2.14. The zero-order chi connectivity index (χ0) is 13.0. The molecule has 7 heteroatoms. The third-order valence-corrected chi connectivity index (χ3v) is 2.34. The number of anilines is 1. The molecule has 0 aliphatic heterocycles. The van der Waals surface area contributed by atoms with Crippen molar-refractivity contribution in [2.24, 2.45) is 0 Å². The number of phenols is 1. The van der Waals surface area contributed by atoms with E-state index in [2.05, 4.69) is 26.0 Å². The van der Waals surface area contributed by atoms with Gasteiger partial charge in [0, 0.05) is 12.1 Å². The molecule has 0 unspecified atom stereocenters. The van der Waals surface area contributed by atoms with Crippen molar-refractivity contribution in [3.05, 3.63) is 45.9 Å². The Morgan fingerprint density at radius 1 is 1.33 bits per heavy atom. The van der Waals surface area contributed by atoms with E-state index in [0.29, 0.717) is 12.2 Å². The number of phenolic OH excluding ortho intramolecular Hbond substituents is 1. The number of aromatic nitrogens is 3. The van der Waals surface area contributed by atoms with E-state index in [4.69, 9.17) is 0 Å². The SMILES string of the molecule is Cc1nnc(NNCc2ccccc2O)[nH]c1=O. The van der Waals surface area contributed by atoms with E-state index in [1.807, 2.05) is 6.07 Å². The number of aromatic amines is 1. The first-order chi connectivity index (χ1) is 8.66. The summed E-state index contributed by atoms with van der Waals surface area (Å²) in [7, 11) is 0. The highest BCUT2D eigenvalue weighted by molar-refractivity contribution is 5.32. The van der Waals surface area contributed by atoms with Crippen LogP contribution in [-0.4, -0.2) is 20.3 Å². The Morgan fingerprint density at radius 3 is 2.83 bits per heavy atom. The van der Waals surface area contributed by atoms with Gasteiger partial charge in [0.15, 0.2) is 0 Å². The molecular weight excluding hydrogens is 234 g/mol. The molecule has 0 radical (unpaired) electrons. The van der Waals surface area contributed by atoms with Gasteiger partial charge in [-0.25, -0.2) is 5.43 Å². The Morgan fingerprint density at radius 2 is 2.11 bits per heavy atom. The number of benzene rings is 1. The molecule has 0 aliphatic rings. The Kier molecular flexibility index (Phi) is 3.54. The fourth-order valence-corrected chi connectivity index (χ4v) is 1.33. The molecule has 1 aromatic heterocycles. The lowest BCUT2D eigenvalue weighted by atomic mass is 10.2. The molecule has 1 aromatic carbocycles. The van der Waals surface area contributed by atoms with Crippen LogP contribution in [0.15, 0.2) is 29.1 Å². The zero-order valence-corrected chi connectivity index (χ0v) is 9.77. The van der Waals surface area contributed by atoms with Crippen LogP contribution in [0.5, 0.6) is 5.75 Å². The van der Waals surface area contributed by atoms with Crippen LogP contribution < -0.4 is 16.4 Å². The Balaban J connectivity index is 1.95. The van der Waals surface area contributed by atoms with E-state index in [0.717, 1.165) is 5.56 Å². The van der Waals surface area contributed by atoms with Gasteiger partial charge in [0.2, 0.25) is 5.95 Å². The van der Waals surface area contributed by atoms with Crippen LogP contribution in [-0.2, 0) is 6.54 Å². The van der Waals surface area contributed by atoms with Crippen LogP contribution in [0.25, 0.3) is 0 Å². The minimum absolute atomic E-state index is 0.204. The maximum atomic E-state index is 11.3. The van der Waals surface area contributed by atoms with Crippen molar-refractivity contribution >= 4 is 5.95 Å². The predicted molar refractivity (Wildman–Crippen MR) is 66.0 cm³/mol. The van der Waals surface area contributed by atoms with Crippen LogP contribution in [0.1, 0.15) is 11.3 Å². The average molecular weight is 247 g/mol. The molecule has 0 aliphatic carbocycles. The van der Waals surface area contributed by atoms with Gasteiger partial charge in [0.1, 0.15) is 11.4 Å². The van der Waals surface area contributed by atoms with Crippen LogP contribution >= 0.6 is 0 Å². The lowest BCUT2D eigenvalue weighted by Gasteiger charge is -2.07. The number of aryl methyl sites for hydroxylation is 1. The van der Waals surface area contributed by atoms with Crippen molar-refractivity contribution < 1.29 is 5.11 Å². The summed E-state index contributed by atoms with van der Waals surface area (Å²) in [6, 6.07) is 6.96. The van der Waals surface area contributed by atoms with Gasteiger partial charge in [-0.3, -0.25) is 15.2 Å². The third-order valence-electron chi connectivity index (χ3n) is 2.34. The first kappa shape index (κ1) is 12.1. The van der Waals surface area contributed by atoms with Gasteiger partial charge >= 0.3 is 0 Å². The normalized spacial score (nSPS) is 10.3. The predicted octanol–water partition coefficient (Wildman–Crippen LogP) is 0.296. The summed E-state index contributed by atoms with van der Waals surface area (Å²) in [4.78, 5) is 13.8. The topological polar surface area (TPSA) is 103 Å². The summed E-state index contributed by atoms with van der Waals surface area (Å²) < 4.78 is 0. The molecule has 0 spiro atoms. The molecule has 0 atom stereocenters. The van der Waals surface area contributed by atoms with Gasteiger partial charge in [-0.1, -0.05) is 18.2 Å². The van der Waals surface area contributed by atoms with Gasteiger partial charge in [0.05, 0.1) is 0 Å².